The fraction of sp³-hybridized carbons (Fsp3) is 0.647. The number of rotatable bonds is 4. The number of hydrogen-bond donors (Lipinski definition) is 1. The molecule has 1 fully saturated rings. The molecule has 112 valence electrons. The first-order chi connectivity index (χ1) is 9.49. The average Bonchev–Trinajstić information content (AvgIpc) is 2.39. The van der Waals surface area contributed by atoms with Crippen molar-refractivity contribution < 1.29 is 0 Å². The molecule has 3 heteroatoms. The molecule has 0 amide bonds. The summed E-state index contributed by atoms with van der Waals surface area (Å²) in [5.74, 6) is 0. The van der Waals surface area contributed by atoms with E-state index < -0.39 is 0 Å². The highest BCUT2D eigenvalue weighted by molar-refractivity contribution is 5.26. The Hall–Kier alpha value is -0.900. The normalized spacial score (nSPS) is 21.1. The maximum absolute atomic E-state index is 6.29. The van der Waals surface area contributed by atoms with E-state index in [2.05, 4.69) is 61.8 Å². The van der Waals surface area contributed by atoms with E-state index >= 15 is 0 Å². The van der Waals surface area contributed by atoms with Gasteiger partial charge in [0.05, 0.1) is 0 Å². The van der Waals surface area contributed by atoms with Crippen molar-refractivity contribution in [1.29, 1.82) is 0 Å². The molecule has 1 aliphatic heterocycles. The summed E-state index contributed by atoms with van der Waals surface area (Å²) in [5, 5.41) is 0. The summed E-state index contributed by atoms with van der Waals surface area (Å²) >= 11 is 0. The monoisotopic (exact) mass is 275 g/mol. The van der Waals surface area contributed by atoms with Crippen LogP contribution < -0.4 is 5.73 Å². The Bertz CT molecular complexity index is 420. The molecule has 2 unspecified atom stereocenters. The molecule has 2 rings (SSSR count). The Balaban J connectivity index is 2.11. The fourth-order valence-electron chi connectivity index (χ4n) is 3.23. The highest BCUT2D eigenvalue weighted by Crippen LogP contribution is 2.25. The van der Waals surface area contributed by atoms with E-state index in [1.54, 1.807) is 0 Å². The van der Waals surface area contributed by atoms with Crippen LogP contribution in [0, 0.1) is 6.92 Å². The molecule has 1 aromatic carbocycles. The Morgan fingerprint density at radius 3 is 2.10 bits per heavy atom. The topological polar surface area (TPSA) is 32.5 Å². The lowest BCUT2D eigenvalue weighted by molar-refractivity contribution is 0.0705. The molecule has 1 aliphatic rings. The van der Waals surface area contributed by atoms with Crippen LogP contribution in [0.15, 0.2) is 24.3 Å². The van der Waals surface area contributed by atoms with Gasteiger partial charge in [0.2, 0.25) is 0 Å². The summed E-state index contributed by atoms with van der Waals surface area (Å²) in [6.45, 7) is 13.3. The molecular weight excluding hydrogens is 246 g/mol. The van der Waals surface area contributed by atoms with E-state index in [-0.39, 0.29) is 6.04 Å². The largest absolute Gasteiger partial charge is 0.326 e. The summed E-state index contributed by atoms with van der Waals surface area (Å²) in [6, 6.07) is 9.93. The molecule has 2 atom stereocenters. The fourth-order valence-corrected chi connectivity index (χ4v) is 3.23. The van der Waals surface area contributed by atoms with Gasteiger partial charge in [-0.25, -0.2) is 0 Å². The van der Waals surface area contributed by atoms with Gasteiger partial charge in [-0.3, -0.25) is 9.80 Å². The van der Waals surface area contributed by atoms with E-state index in [0.29, 0.717) is 12.1 Å². The number of aryl methyl sites for hydroxylation is 1. The van der Waals surface area contributed by atoms with Crippen LogP contribution in [-0.2, 0) is 0 Å². The zero-order valence-corrected chi connectivity index (χ0v) is 13.3. The van der Waals surface area contributed by atoms with E-state index in [0.717, 1.165) is 26.2 Å². The van der Waals surface area contributed by atoms with Gasteiger partial charge in [-0.1, -0.05) is 29.8 Å². The van der Waals surface area contributed by atoms with Gasteiger partial charge in [0.1, 0.15) is 0 Å². The molecule has 0 aromatic heterocycles. The Morgan fingerprint density at radius 2 is 1.60 bits per heavy atom. The molecule has 0 bridgehead atoms. The first kappa shape index (κ1) is 15.5. The van der Waals surface area contributed by atoms with Gasteiger partial charge < -0.3 is 5.73 Å². The van der Waals surface area contributed by atoms with Gasteiger partial charge in [-0.15, -0.1) is 0 Å². The second-order valence-electron chi connectivity index (χ2n) is 6.38. The third-order valence-electron chi connectivity index (χ3n) is 4.35. The molecule has 3 nitrogen and oxygen atoms in total. The Kier molecular flexibility index (Phi) is 5.19. The van der Waals surface area contributed by atoms with Crippen LogP contribution in [0.1, 0.15) is 37.9 Å². The van der Waals surface area contributed by atoms with Crippen molar-refractivity contribution in [2.24, 2.45) is 5.73 Å². The summed E-state index contributed by atoms with van der Waals surface area (Å²) in [6.07, 6.45) is 0. The molecule has 0 radical (unpaired) electrons. The van der Waals surface area contributed by atoms with Crippen molar-refractivity contribution in [3.05, 3.63) is 35.4 Å². The highest BCUT2D eigenvalue weighted by atomic mass is 15.3. The lowest BCUT2D eigenvalue weighted by Gasteiger charge is -2.42. The van der Waals surface area contributed by atoms with Crippen LogP contribution in [0.2, 0.25) is 0 Å². The zero-order chi connectivity index (χ0) is 14.7. The Labute approximate surface area is 123 Å². The van der Waals surface area contributed by atoms with E-state index in [4.69, 9.17) is 5.73 Å². The highest BCUT2D eigenvalue weighted by Gasteiger charge is 2.28. The number of benzene rings is 1. The molecule has 1 aromatic rings. The third kappa shape index (κ3) is 3.60. The SMILES string of the molecule is Cc1cccc(C(C(C)N)N2CCN(C(C)C)CC2)c1. The average molecular weight is 275 g/mol. The minimum absolute atomic E-state index is 0.155. The van der Waals surface area contributed by atoms with E-state index in [9.17, 15) is 0 Å². The summed E-state index contributed by atoms with van der Waals surface area (Å²) in [4.78, 5) is 5.10. The van der Waals surface area contributed by atoms with Crippen molar-refractivity contribution >= 4 is 0 Å². The predicted octanol–water partition coefficient (Wildman–Crippen LogP) is 2.41. The molecule has 1 heterocycles. The van der Waals surface area contributed by atoms with Crippen LogP contribution in [0.5, 0.6) is 0 Å². The second kappa shape index (κ2) is 6.70. The third-order valence-corrected chi connectivity index (χ3v) is 4.35. The van der Waals surface area contributed by atoms with Gasteiger partial charge in [-0.05, 0) is 33.3 Å². The van der Waals surface area contributed by atoms with Crippen LogP contribution in [0.3, 0.4) is 0 Å². The molecular formula is C17H29N3. The lowest BCUT2D eigenvalue weighted by atomic mass is 9.97. The van der Waals surface area contributed by atoms with Gasteiger partial charge in [0.25, 0.3) is 0 Å². The van der Waals surface area contributed by atoms with E-state index in [1.165, 1.54) is 11.1 Å². The van der Waals surface area contributed by atoms with Crippen LogP contribution in [-0.4, -0.2) is 48.1 Å². The zero-order valence-electron chi connectivity index (χ0n) is 13.3. The van der Waals surface area contributed by atoms with Gasteiger partial charge in [0, 0.05) is 44.3 Å². The lowest BCUT2D eigenvalue weighted by Crippen LogP contribution is -2.52. The number of hydrogen-bond acceptors (Lipinski definition) is 3. The number of piperazine rings is 1. The molecule has 1 saturated heterocycles. The predicted molar refractivity (Wildman–Crippen MR) is 85.9 cm³/mol. The number of nitrogens with zero attached hydrogens (tertiary/aromatic N) is 2. The summed E-state index contributed by atoms with van der Waals surface area (Å²) < 4.78 is 0. The second-order valence-corrected chi connectivity index (χ2v) is 6.38. The van der Waals surface area contributed by atoms with Gasteiger partial charge >= 0.3 is 0 Å². The number of nitrogens with two attached hydrogens (primary N) is 1. The minimum atomic E-state index is 0.155. The van der Waals surface area contributed by atoms with Crippen LogP contribution in [0.25, 0.3) is 0 Å². The first-order valence-corrected chi connectivity index (χ1v) is 7.79. The van der Waals surface area contributed by atoms with Crippen molar-refractivity contribution in [1.82, 2.24) is 9.80 Å². The van der Waals surface area contributed by atoms with Crippen molar-refractivity contribution in [3.63, 3.8) is 0 Å². The van der Waals surface area contributed by atoms with Gasteiger partial charge in [0.15, 0.2) is 0 Å². The van der Waals surface area contributed by atoms with Crippen molar-refractivity contribution in [2.45, 2.75) is 45.8 Å². The standard InChI is InChI=1S/C17H29N3/c1-13(2)19-8-10-20(11-9-19)17(15(4)18)16-7-5-6-14(3)12-16/h5-7,12-13,15,17H,8-11,18H2,1-4H3. The molecule has 20 heavy (non-hydrogen) atoms. The summed E-state index contributed by atoms with van der Waals surface area (Å²) in [5.41, 5.74) is 8.96. The van der Waals surface area contributed by atoms with Crippen LogP contribution in [0.4, 0.5) is 0 Å². The first-order valence-electron chi connectivity index (χ1n) is 7.79. The maximum Gasteiger partial charge on any atom is 0.0497 e. The van der Waals surface area contributed by atoms with Crippen molar-refractivity contribution in [2.75, 3.05) is 26.2 Å². The quantitative estimate of drug-likeness (QED) is 0.916. The van der Waals surface area contributed by atoms with Crippen molar-refractivity contribution in [3.8, 4) is 0 Å². The Morgan fingerprint density at radius 1 is 1.00 bits per heavy atom. The smallest absolute Gasteiger partial charge is 0.0497 e. The minimum Gasteiger partial charge on any atom is -0.326 e. The molecule has 0 saturated carbocycles. The molecule has 0 aliphatic carbocycles. The molecule has 0 spiro atoms. The van der Waals surface area contributed by atoms with E-state index in [1.807, 2.05) is 0 Å². The summed E-state index contributed by atoms with van der Waals surface area (Å²) in [7, 11) is 0. The molecule has 2 N–H and O–H groups in total. The van der Waals surface area contributed by atoms with Gasteiger partial charge in [-0.2, -0.15) is 0 Å². The van der Waals surface area contributed by atoms with Crippen LogP contribution >= 0.6 is 0 Å². The maximum atomic E-state index is 6.29.